The van der Waals surface area contributed by atoms with Crippen molar-refractivity contribution in [1.29, 1.82) is 0 Å². The third kappa shape index (κ3) is 1.93. The molecule has 0 aliphatic heterocycles. The van der Waals surface area contributed by atoms with Crippen molar-refractivity contribution in [2.24, 2.45) is 0 Å². The van der Waals surface area contributed by atoms with Gasteiger partial charge in [0.25, 0.3) is 0 Å². The van der Waals surface area contributed by atoms with Crippen molar-refractivity contribution in [2.45, 2.75) is 6.54 Å². The SMILES string of the molecule is O=C(O)Cn1nnnc1-c1cncnc1. The van der Waals surface area contributed by atoms with E-state index in [9.17, 15) is 4.79 Å². The number of tetrazole rings is 1. The molecule has 0 aromatic carbocycles. The number of carboxylic acids is 1. The molecule has 2 heterocycles. The van der Waals surface area contributed by atoms with E-state index in [2.05, 4.69) is 25.5 Å². The fourth-order valence-electron chi connectivity index (χ4n) is 1.06. The second-order valence-electron chi connectivity index (χ2n) is 2.68. The summed E-state index contributed by atoms with van der Waals surface area (Å²) in [6, 6.07) is 0. The molecule has 8 heteroatoms. The van der Waals surface area contributed by atoms with Crippen LogP contribution in [0.25, 0.3) is 11.4 Å². The highest BCUT2D eigenvalue weighted by Crippen LogP contribution is 2.11. The van der Waals surface area contributed by atoms with Crippen LogP contribution in [0.4, 0.5) is 0 Å². The molecule has 1 N–H and O–H groups in total. The van der Waals surface area contributed by atoms with Crippen LogP contribution in [-0.2, 0) is 11.3 Å². The molecule has 8 nitrogen and oxygen atoms in total. The van der Waals surface area contributed by atoms with Gasteiger partial charge in [0, 0.05) is 12.4 Å². The molecule has 15 heavy (non-hydrogen) atoms. The second kappa shape index (κ2) is 3.78. The normalized spacial score (nSPS) is 10.1. The van der Waals surface area contributed by atoms with Crippen LogP contribution in [0, 0.1) is 0 Å². The summed E-state index contributed by atoms with van der Waals surface area (Å²) in [5, 5.41) is 19.3. The van der Waals surface area contributed by atoms with E-state index >= 15 is 0 Å². The quantitative estimate of drug-likeness (QED) is 0.701. The van der Waals surface area contributed by atoms with Gasteiger partial charge >= 0.3 is 5.97 Å². The van der Waals surface area contributed by atoms with Gasteiger partial charge in [-0.3, -0.25) is 4.79 Å². The average Bonchev–Trinajstić information content (AvgIpc) is 2.66. The molecule has 0 aliphatic rings. The molecule has 76 valence electrons. The largest absolute Gasteiger partial charge is 0.480 e. The average molecular weight is 206 g/mol. The van der Waals surface area contributed by atoms with Crippen LogP contribution in [0.1, 0.15) is 0 Å². The summed E-state index contributed by atoms with van der Waals surface area (Å²) in [6.07, 6.45) is 4.39. The van der Waals surface area contributed by atoms with Crippen molar-refractivity contribution in [1.82, 2.24) is 30.2 Å². The Bertz CT molecular complexity index is 467. The van der Waals surface area contributed by atoms with Gasteiger partial charge in [-0.05, 0) is 10.4 Å². The van der Waals surface area contributed by atoms with Gasteiger partial charge in [0.2, 0.25) is 0 Å². The van der Waals surface area contributed by atoms with Crippen LogP contribution in [0.5, 0.6) is 0 Å². The van der Waals surface area contributed by atoms with Crippen LogP contribution in [0.2, 0.25) is 0 Å². The minimum Gasteiger partial charge on any atom is -0.480 e. The topological polar surface area (TPSA) is 107 Å². The third-order valence-corrected chi connectivity index (χ3v) is 1.64. The third-order valence-electron chi connectivity index (χ3n) is 1.64. The van der Waals surface area contributed by atoms with Gasteiger partial charge in [0.1, 0.15) is 12.9 Å². The zero-order valence-corrected chi connectivity index (χ0v) is 7.48. The fraction of sp³-hybridized carbons (Fsp3) is 0.143. The minimum atomic E-state index is -1.01. The molecule has 0 saturated heterocycles. The lowest BCUT2D eigenvalue weighted by Gasteiger charge is -1.99. The summed E-state index contributed by atoms with van der Waals surface area (Å²) in [7, 11) is 0. The smallest absolute Gasteiger partial charge is 0.325 e. The van der Waals surface area contributed by atoms with E-state index in [0.29, 0.717) is 11.4 Å². The molecule has 0 radical (unpaired) electrons. The van der Waals surface area contributed by atoms with Gasteiger partial charge in [-0.1, -0.05) is 0 Å². The Labute approximate surface area is 83.6 Å². The van der Waals surface area contributed by atoms with Crippen molar-refractivity contribution >= 4 is 5.97 Å². The lowest BCUT2D eigenvalue weighted by molar-refractivity contribution is -0.137. The molecule has 0 atom stereocenters. The minimum absolute atomic E-state index is 0.294. The van der Waals surface area contributed by atoms with Gasteiger partial charge in [-0.15, -0.1) is 5.10 Å². The lowest BCUT2D eigenvalue weighted by Crippen LogP contribution is -2.11. The Kier molecular flexibility index (Phi) is 2.31. The van der Waals surface area contributed by atoms with Crippen molar-refractivity contribution in [3.8, 4) is 11.4 Å². The van der Waals surface area contributed by atoms with E-state index in [1.807, 2.05) is 0 Å². The molecule has 0 unspecified atom stereocenters. The number of hydrogen-bond acceptors (Lipinski definition) is 6. The first kappa shape index (κ1) is 9.19. The number of nitrogens with zero attached hydrogens (tertiary/aromatic N) is 6. The van der Waals surface area contributed by atoms with Gasteiger partial charge in [0.15, 0.2) is 5.82 Å². The molecule has 2 aromatic rings. The number of aliphatic carboxylic acids is 1. The summed E-state index contributed by atoms with van der Waals surface area (Å²) < 4.78 is 1.17. The van der Waals surface area contributed by atoms with Crippen molar-refractivity contribution < 1.29 is 9.90 Å². The maximum Gasteiger partial charge on any atom is 0.325 e. The highest BCUT2D eigenvalue weighted by atomic mass is 16.4. The maximum absolute atomic E-state index is 10.5. The summed E-state index contributed by atoms with van der Waals surface area (Å²) >= 11 is 0. The zero-order chi connectivity index (χ0) is 10.7. The Balaban J connectivity index is 2.37. The van der Waals surface area contributed by atoms with Crippen LogP contribution in [-0.4, -0.2) is 41.3 Å². The molecule has 0 spiro atoms. The van der Waals surface area contributed by atoms with Crippen LogP contribution in [0.15, 0.2) is 18.7 Å². The molecule has 0 aliphatic carbocycles. The molecule has 2 aromatic heterocycles. The molecule has 0 amide bonds. The van der Waals surface area contributed by atoms with Gasteiger partial charge in [-0.2, -0.15) is 0 Å². The molecular formula is C7H6N6O2. The fourth-order valence-corrected chi connectivity index (χ4v) is 1.06. The predicted octanol–water partition coefficient (Wildman–Crippen LogP) is -0.785. The first-order valence-electron chi connectivity index (χ1n) is 4.00. The Hall–Kier alpha value is -2.38. The van der Waals surface area contributed by atoms with E-state index in [0.717, 1.165) is 0 Å². The van der Waals surface area contributed by atoms with Crippen molar-refractivity contribution in [3.05, 3.63) is 18.7 Å². The maximum atomic E-state index is 10.5. The first-order chi connectivity index (χ1) is 7.27. The Morgan fingerprint density at radius 2 is 2.13 bits per heavy atom. The summed E-state index contributed by atoms with van der Waals surface area (Å²) in [5.41, 5.74) is 0.573. The zero-order valence-electron chi connectivity index (χ0n) is 7.48. The van der Waals surface area contributed by atoms with Crippen LogP contribution >= 0.6 is 0 Å². The van der Waals surface area contributed by atoms with E-state index in [1.54, 1.807) is 0 Å². The number of aromatic nitrogens is 6. The highest BCUT2D eigenvalue weighted by Gasteiger charge is 2.11. The van der Waals surface area contributed by atoms with Crippen molar-refractivity contribution in [3.63, 3.8) is 0 Å². The Morgan fingerprint density at radius 1 is 1.40 bits per heavy atom. The molecule has 0 saturated carbocycles. The Morgan fingerprint density at radius 3 is 2.80 bits per heavy atom. The number of rotatable bonds is 3. The molecule has 2 rings (SSSR count). The summed E-state index contributed by atoms with van der Waals surface area (Å²) in [5.74, 6) is -0.682. The van der Waals surface area contributed by atoms with Gasteiger partial charge in [-0.25, -0.2) is 14.6 Å². The van der Waals surface area contributed by atoms with Crippen LogP contribution in [0.3, 0.4) is 0 Å². The standard InChI is InChI=1S/C7H6N6O2/c14-6(15)3-13-7(10-11-12-13)5-1-8-4-9-2-5/h1-2,4H,3H2,(H,14,15). The predicted molar refractivity (Wildman–Crippen MR) is 46.5 cm³/mol. The van der Waals surface area contributed by atoms with Gasteiger partial charge in [0.05, 0.1) is 5.56 Å². The molecular weight excluding hydrogens is 200 g/mol. The molecule has 0 fully saturated rings. The van der Waals surface area contributed by atoms with Crippen molar-refractivity contribution in [2.75, 3.05) is 0 Å². The molecule has 0 bridgehead atoms. The van der Waals surface area contributed by atoms with E-state index < -0.39 is 5.97 Å². The van der Waals surface area contributed by atoms with E-state index in [1.165, 1.54) is 23.4 Å². The first-order valence-corrected chi connectivity index (χ1v) is 4.00. The second-order valence-corrected chi connectivity index (χ2v) is 2.68. The number of carboxylic acid groups (broad SMARTS) is 1. The highest BCUT2D eigenvalue weighted by molar-refractivity contribution is 5.67. The van der Waals surface area contributed by atoms with E-state index in [4.69, 9.17) is 5.11 Å². The number of carbonyl (C=O) groups is 1. The van der Waals surface area contributed by atoms with E-state index in [-0.39, 0.29) is 6.54 Å². The summed E-state index contributed by atoms with van der Waals surface area (Å²) in [4.78, 5) is 18.1. The lowest BCUT2D eigenvalue weighted by atomic mass is 10.3. The van der Waals surface area contributed by atoms with Gasteiger partial charge < -0.3 is 5.11 Å². The monoisotopic (exact) mass is 206 g/mol. The summed E-state index contributed by atoms with van der Waals surface area (Å²) in [6.45, 7) is -0.294. The van der Waals surface area contributed by atoms with Crippen LogP contribution < -0.4 is 0 Å². The number of hydrogen-bond donors (Lipinski definition) is 1.